The van der Waals surface area contributed by atoms with Gasteiger partial charge in [-0.15, -0.1) is 0 Å². The number of likely N-dealkylation sites (tertiary alicyclic amines) is 1. The van der Waals surface area contributed by atoms with E-state index >= 15 is 0 Å². The standard InChI is InChI=1S/C16H31N3O2S/c1-3-7-15(2)13-18-9-6-8-16(14-18)12-17-22(20,21)19-10-4-5-11-19/h7,16-17H,3-6,8-14H2,1-2H3/b15-7+. The van der Waals surface area contributed by atoms with Crippen LogP contribution in [-0.4, -0.2) is 56.9 Å². The lowest BCUT2D eigenvalue weighted by molar-refractivity contribution is 0.188. The van der Waals surface area contributed by atoms with Gasteiger partial charge in [-0.25, -0.2) is 4.72 Å². The van der Waals surface area contributed by atoms with Crippen LogP contribution in [0, 0.1) is 5.92 Å². The molecule has 5 nitrogen and oxygen atoms in total. The highest BCUT2D eigenvalue weighted by Crippen LogP contribution is 2.18. The Morgan fingerprint density at radius 3 is 2.64 bits per heavy atom. The van der Waals surface area contributed by atoms with Crippen molar-refractivity contribution in [2.75, 3.05) is 39.3 Å². The van der Waals surface area contributed by atoms with Crippen molar-refractivity contribution in [3.05, 3.63) is 11.6 Å². The van der Waals surface area contributed by atoms with Crippen molar-refractivity contribution >= 4 is 10.2 Å². The van der Waals surface area contributed by atoms with Gasteiger partial charge in [0.05, 0.1) is 0 Å². The molecule has 0 aromatic heterocycles. The number of nitrogens with one attached hydrogen (secondary N) is 1. The van der Waals surface area contributed by atoms with Gasteiger partial charge >= 0.3 is 0 Å². The van der Waals surface area contributed by atoms with Crippen LogP contribution in [0.2, 0.25) is 0 Å². The van der Waals surface area contributed by atoms with Gasteiger partial charge in [0.15, 0.2) is 0 Å². The second kappa shape index (κ2) is 8.43. The third-order valence-corrected chi connectivity index (χ3v) is 6.16. The summed E-state index contributed by atoms with van der Waals surface area (Å²) in [5.41, 5.74) is 1.42. The minimum Gasteiger partial charge on any atom is -0.299 e. The molecular formula is C16H31N3O2S. The average Bonchev–Trinajstić information content (AvgIpc) is 3.01. The van der Waals surface area contributed by atoms with Gasteiger partial charge in [-0.1, -0.05) is 18.6 Å². The summed E-state index contributed by atoms with van der Waals surface area (Å²) in [4.78, 5) is 2.46. The van der Waals surface area contributed by atoms with Gasteiger partial charge in [-0.3, -0.25) is 4.90 Å². The topological polar surface area (TPSA) is 52.7 Å². The van der Waals surface area contributed by atoms with Crippen molar-refractivity contribution in [1.29, 1.82) is 0 Å². The molecule has 22 heavy (non-hydrogen) atoms. The van der Waals surface area contributed by atoms with E-state index in [9.17, 15) is 8.42 Å². The van der Waals surface area contributed by atoms with E-state index in [1.54, 1.807) is 4.31 Å². The molecule has 2 heterocycles. The van der Waals surface area contributed by atoms with Crippen LogP contribution in [0.4, 0.5) is 0 Å². The van der Waals surface area contributed by atoms with Crippen molar-refractivity contribution in [3.63, 3.8) is 0 Å². The Morgan fingerprint density at radius 1 is 1.23 bits per heavy atom. The zero-order valence-corrected chi connectivity index (χ0v) is 14.9. The number of hydrogen-bond donors (Lipinski definition) is 1. The minimum atomic E-state index is -3.26. The van der Waals surface area contributed by atoms with Gasteiger partial charge in [0, 0.05) is 32.7 Å². The highest BCUT2D eigenvalue weighted by Gasteiger charge is 2.27. The van der Waals surface area contributed by atoms with Crippen molar-refractivity contribution in [3.8, 4) is 0 Å². The quantitative estimate of drug-likeness (QED) is 0.727. The summed E-state index contributed by atoms with van der Waals surface area (Å²) in [7, 11) is -3.26. The first-order valence-corrected chi connectivity index (χ1v) is 10.1. The molecule has 0 aliphatic carbocycles. The molecule has 128 valence electrons. The van der Waals surface area contributed by atoms with Crippen molar-refractivity contribution < 1.29 is 8.42 Å². The Balaban J connectivity index is 1.79. The van der Waals surface area contributed by atoms with Gasteiger partial charge in [0.2, 0.25) is 0 Å². The zero-order chi connectivity index (χ0) is 16.0. The van der Waals surface area contributed by atoms with E-state index in [4.69, 9.17) is 0 Å². The molecule has 1 unspecified atom stereocenters. The number of rotatable bonds is 7. The van der Waals surface area contributed by atoms with Crippen LogP contribution in [0.3, 0.4) is 0 Å². The first-order chi connectivity index (χ1) is 10.5. The Labute approximate surface area is 135 Å². The van der Waals surface area contributed by atoms with Crippen LogP contribution in [0.25, 0.3) is 0 Å². The zero-order valence-electron chi connectivity index (χ0n) is 14.1. The maximum atomic E-state index is 12.2. The molecular weight excluding hydrogens is 298 g/mol. The maximum absolute atomic E-state index is 12.2. The van der Waals surface area contributed by atoms with Crippen molar-refractivity contribution in [2.45, 2.75) is 46.0 Å². The number of allylic oxidation sites excluding steroid dienone is 1. The second-order valence-corrected chi connectivity index (χ2v) is 8.42. The van der Waals surface area contributed by atoms with E-state index < -0.39 is 10.2 Å². The monoisotopic (exact) mass is 329 g/mol. The third-order valence-electron chi connectivity index (χ3n) is 4.59. The molecule has 0 saturated carbocycles. The summed E-state index contributed by atoms with van der Waals surface area (Å²) in [6.07, 6.45) is 7.62. The first-order valence-electron chi connectivity index (χ1n) is 8.64. The van der Waals surface area contributed by atoms with Crippen molar-refractivity contribution in [2.24, 2.45) is 5.92 Å². The molecule has 0 bridgehead atoms. The number of piperidine rings is 1. The lowest BCUT2D eigenvalue weighted by atomic mass is 9.98. The van der Waals surface area contributed by atoms with Crippen LogP contribution in [-0.2, 0) is 10.2 Å². The van der Waals surface area contributed by atoms with Crippen molar-refractivity contribution in [1.82, 2.24) is 13.9 Å². The summed E-state index contributed by atoms with van der Waals surface area (Å²) < 4.78 is 28.8. The van der Waals surface area contributed by atoms with Crippen LogP contribution in [0.15, 0.2) is 11.6 Å². The third kappa shape index (κ3) is 5.33. The Hall–Kier alpha value is -0.430. The fourth-order valence-corrected chi connectivity index (χ4v) is 4.84. The normalized spacial score (nSPS) is 25.7. The molecule has 0 aromatic carbocycles. The molecule has 1 atom stereocenters. The van der Waals surface area contributed by atoms with Gasteiger partial charge in [-0.2, -0.15) is 12.7 Å². The molecule has 0 aromatic rings. The van der Waals surface area contributed by atoms with Crippen LogP contribution >= 0.6 is 0 Å². The molecule has 1 N–H and O–H groups in total. The summed E-state index contributed by atoms with van der Waals surface area (Å²) in [5.74, 6) is 0.431. The molecule has 6 heteroatoms. The van der Waals surface area contributed by atoms with Gasteiger partial charge in [0.25, 0.3) is 10.2 Å². The lowest BCUT2D eigenvalue weighted by Crippen LogP contribution is -2.45. The molecule has 0 amide bonds. The molecule has 0 radical (unpaired) electrons. The van der Waals surface area contributed by atoms with E-state index in [2.05, 4.69) is 29.5 Å². The predicted molar refractivity (Wildman–Crippen MR) is 90.9 cm³/mol. The molecule has 2 saturated heterocycles. The van der Waals surface area contributed by atoms with Gasteiger partial charge < -0.3 is 0 Å². The fraction of sp³-hybridized carbons (Fsp3) is 0.875. The van der Waals surface area contributed by atoms with E-state index in [0.717, 1.165) is 51.7 Å². The van der Waals surface area contributed by atoms with Crippen LogP contribution in [0.5, 0.6) is 0 Å². The Kier molecular flexibility index (Phi) is 6.87. The smallest absolute Gasteiger partial charge is 0.279 e. The predicted octanol–water partition coefficient (Wildman–Crippen LogP) is 1.98. The summed E-state index contributed by atoms with van der Waals surface area (Å²) in [6, 6.07) is 0. The largest absolute Gasteiger partial charge is 0.299 e. The summed E-state index contributed by atoms with van der Waals surface area (Å²) in [6.45, 7) is 9.41. The first kappa shape index (κ1) is 17.9. The summed E-state index contributed by atoms with van der Waals surface area (Å²) in [5, 5.41) is 0. The van der Waals surface area contributed by atoms with E-state index in [-0.39, 0.29) is 0 Å². The van der Waals surface area contributed by atoms with Gasteiger partial charge in [-0.05, 0) is 51.5 Å². The van der Waals surface area contributed by atoms with Gasteiger partial charge in [0.1, 0.15) is 0 Å². The number of nitrogens with zero attached hydrogens (tertiary/aromatic N) is 2. The molecule has 2 rings (SSSR count). The van der Waals surface area contributed by atoms with Crippen LogP contribution < -0.4 is 4.72 Å². The highest BCUT2D eigenvalue weighted by atomic mass is 32.2. The Morgan fingerprint density at radius 2 is 1.95 bits per heavy atom. The summed E-state index contributed by atoms with van der Waals surface area (Å²) >= 11 is 0. The lowest BCUT2D eigenvalue weighted by Gasteiger charge is -2.33. The molecule has 0 spiro atoms. The second-order valence-electron chi connectivity index (χ2n) is 6.66. The van der Waals surface area contributed by atoms with E-state index in [1.807, 2.05) is 0 Å². The maximum Gasteiger partial charge on any atom is 0.279 e. The molecule has 2 aliphatic rings. The van der Waals surface area contributed by atoms with E-state index in [0.29, 0.717) is 25.6 Å². The minimum absolute atomic E-state index is 0.431. The average molecular weight is 330 g/mol. The Bertz CT molecular complexity index is 470. The van der Waals surface area contributed by atoms with Crippen LogP contribution in [0.1, 0.15) is 46.0 Å². The van der Waals surface area contributed by atoms with E-state index in [1.165, 1.54) is 5.57 Å². The number of hydrogen-bond acceptors (Lipinski definition) is 3. The molecule has 2 aliphatic heterocycles. The SMILES string of the molecule is CC/C=C(\C)CN1CCCC(CNS(=O)(=O)N2CCCC2)C1. The fourth-order valence-electron chi connectivity index (χ4n) is 3.47. The highest BCUT2D eigenvalue weighted by molar-refractivity contribution is 7.87. The molecule has 2 fully saturated rings.